The maximum atomic E-state index is 8.79. The molecule has 2 aromatic rings. The quantitative estimate of drug-likeness (QED) is 0.761. The topological polar surface area (TPSA) is 52.8 Å². The smallest absolute Gasteiger partial charge is 0.129 e. The molecule has 0 spiro atoms. The van der Waals surface area contributed by atoms with Crippen molar-refractivity contribution in [1.29, 1.82) is 5.26 Å². The Bertz CT molecular complexity index is 625. The maximum absolute atomic E-state index is 8.79. The van der Waals surface area contributed by atoms with Crippen molar-refractivity contribution in [2.24, 2.45) is 0 Å². The SMILES string of the molecule is N#CCCN(Cc1cccnc1)Cc1nc(Cl)ccc1Cl. The van der Waals surface area contributed by atoms with Crippen molar-refractivity contribution in [2.45, 2.75) is 19.5 Å². The van der Waals surface area contributed by atoms with E-state index < -0.39 is 0 Å². The van der Waals surface area contributed by atoms with E-state index in [1.54, 1.807) is 18.3 Å². The Morgan fingerprint density at radius 3 is 2.76 bits per heavy atom. The van der Waals surface area contributed by atoms with Gasteiger partial charge in [0.2, 0.25) is 0 Å². The summed E-state index contributed by atoms with van der Waals surface area (Å²) in [6, 6.07) is 9.45. The van der Waals surface area contributed by atoms with Crippen molar-refractivity contribution in [3.8, 4) is 6.07 Å². The average molecular weight is 321 g/mol. The van der Waals surface area contributed by atoms with Crippen molar-refractivity contribution >= 4 is 23.2 Å². The Labute approximate surface area is 134 Å². The van der Waals surface area contributed by atoms with Crippen molar-refractivity contribution < 1.29 is 0 Å². The highest BCUT2D eigenvalue weighted by atomic mass is 35.5. The molecule has 0 amide bonds. The van der Waals surface area contributed by atoms with Gasteiger partial charge in [0.05, 0.1) is 16.8 Å². The van der Waals surface area contributed by atoms with Crippen LogP contribution in [0, 0.1) is 11.3 Å². The van der Waals surface area contributed by atoms with Gasteiger partial charge in [-0.3, -0.25) is 9.88 Å². The van der Waals surface area contributed by atoms with Gasteiger partial charge in [-0.05, 0) is 23.8 Å². The van der Waals surface area contributed by atoms with Gasteiger partial charge in [-0.25, -0.2) is 4.98 Å². The first kappa shape index (κ1) is 15.7. The minimum atomic E-state index is 0.413. The number of rotatable bonds is 6. The lowest BCUT2D eigenvalue weighted by molar-refractivity contribution is 0.259. The van der Waals surface area contributed by atoms with E-state index in [0.717, 1.165) is 5.56 Å². The minimum Gasteiger partial charge on any atom is -0.292 e. The zero-order valence-electron chi connectivity index (χ0n) is 11.3. The Morgan fingerprint density at radius 1 is 1.19 bits per heavy atom. The van der Waals surface area contributed by atoms with Crippen molar-refractivity contribution in [3.05, 3.63) is 58.1 Å². The van der Waals surface area contributed by atoms with Crippen LogP contribution in [-0.4, -0.2) is 21.4 Å². The minimum absolute atomic E-state index is 0.413. The van der Waals surface area contributed by atoms with Gasteiger partial charge in [-0.1, -0.05) is 29.3 Å². The van der Waals surface area contributed by atoms with Crippen molar-refractivity contribution in [2.75, 3.05) is 6.54 Å². The Hall–Kier alpha value is -1.67. The van der Waals surface area contributed by atoms with Crippen LogP contribution in [0.5, 0.6) is 0 Å². The molecule has 0 N–H and O–H groups in total. The summed E-state index contributed by atoms with van der Waals surface area (Å²) in [6.07, 6.45) is 3.99. The van der Waals surface area contributed by atoms with Gasteiger partial charge in [0.15, 0.2) is 0 Å². The summed E-state index contributed by atoms with van der Waals surface area (Å²) in [4.78, 5) is 10.5. The number of hydrogen-bond acceptors (Lipinski definition) is 4. The molecule has 0 saturated carbocycles. The Balaban J connectivity index is 2.12. The summed E-state index contributed by atoms with van der Waals surface area (Å²) in [7, 11) is 0. The Kier molecular flexibility index (Phi) is 5.94. The molecule has 0 aliphatic rings. The molecule has 0 aromatic carbocycles. The van der Waals surface area contributed by atoms with Gasteiger partial charge in [0.25, 0.3) is 0 Å². The molecular weight excluding hydrogens is 307 g/mol. The molecule has 0 aliphatic heterocycles. The maximum Gasteiger partial charge on any atom is 0.129 e. The highest BCUT2D eigenvalue weighted by molar-refractivity contribution is 6.32. The van der Waals surface area contributed by atoms with Crippen LogP contribution in [0.25, 0.3) is 0 Å². The fraction of sp³-hybridized carbons (Fsp3) is 0.267. The molecule has 2 rings (SSSR count). The zero-order valence-corrected chi connectivity index (χ0v) is 12.8. The highest BCUT2D eigenvalue weighted by Gasteiger charge is 2.11. The van der Waals surface area contributed by atoms with Gasteiger partial charge in [0.1, 0.15) is 5.15 Å². The molecule has 2 aromatic heterocycles. The molecule has 2 heterocycles. The monoisotopic (exact) mass is 320 g/mol. The van der Waals surface area contributed by atoms with Crippen LogP contribution in [-0.2, 0) is 13.1 Å². The van der Waals surface area contributed by atoms with Crippen molar-refractivity contribution in [3.63, 3.8) is 0 Å². The number of aromatic nitrogens is 2. The molecule has 0 aliphatic carbocycles. The van der Waals surface area contributed by atoms with E-state index in [4.69, 9.17) is 28.5 Å². The normalized spacial score (nSPS) is 10.6. The van der Waals surface area contributed by atoms with E-state index in [9.17, 15) is 0 Å². The predicted molar refractivity (Wildman–Crippen MR) is 82.8 cm³/mol. The third-order valence-electron chi connectivity index (χ3n) is 2.93. The first-order valence-electron chi connectivity index (χ1n) is 6.48. The summed E-state index contributed by atoms with van der Waals surface area (Å²) in [5.74, 6) is 0. The van der Waals surface area contributed by atoms with Crippen LogP contribution in [0.2, 0.25) is 10.2 Å². The van der Waals surface area contributed by atoms with Crippen LogP contribution in [0.1, 0.15) is 17.7 Å². The van der Waals surface area contributed by atoms with Crippen LogP contribution >= 0.6 is 23.2 Å². The van der Waals surface area contributed by atoms with Crippen LogP contribution in [0.15, 0.2) is 36.7 Å². The molecule has 21 heavy (non-hydrogen) atoms. The summed E-state index contributed by atoms with van der Waals surface area (Å²) in [6.45, 7) is 1.85. The molecule has 0 bridgehead atoms. The summed E-state index contributed by atoms with van der Waals surface area (Å²) in [5.41, 5.74) is 1.79. The number of nitrogens with zero attached hydrogens (tertiary/aromatic N) is 4. The summed E-state index contributed by atoms with van der Waals surface area (Å²) < 4.78 is 0. The fourth-order valence-electron chi connectivity index (χ4n) is 1.95. The largest absolute Gasteiger partial charge is 0.292 e. The Morgan fingerprint density at radius 2 is 2.05 bits per heavy atom. The van der Waals surface area contributed by atoms with E-state index in [1.807, 2.05) is 18.3 Å². The molecular formula is C15H14Cl2N4. The lowest BCUT2D eigenvalue weighted by Crippen LogP contribution is -2.24. The molecule has 0 radical (unpaired) electrons. The van der Waals surface area contributed by atoms with Gasteiger partial charge in [0, 0.05) is 38.4 Å². The predicted octanol–water partition coefficient (Wildman–Crippen LogP) is 3.70. The van der Waals surface area contributed by atoms with Gasteiger partial charge < -0.3 is 0 Å². The number of hydrogen-bond donors (Lipinski definition) is 0. The second-order valence-corrected chi connectivity index (χ2v) is 5.34. The molecule has 0 unspecified atom stereocenters. The third-order valence-corrected chi connectivity index (χ3v) is 3.48. The number of nitriles is 1. The van der Waals surface area contributed by atoms with Gasteiger partial charge >= 0.3 is 0 Å². The molecule has 0 atom stereocenters. The molecule has 4 nitrogen and oxygen atoms in total. The number of pyridine rings is 2. The fourth-order valence-corrected chi connectivity index (χ4v) is 2.28. The number of halogens is 2. The second kappa shape index (κ2) is 7.94. The van der Waals surface area contributed by atoms with Gasteiger partial charge in [-0.15, -0.1) is 0 Å². The summed E-state index contributed by atoms with van der Waals surface area (Å²) >= 11 is 12.1. The van der Waals surface area contributed by atoms with E-state index in [2.05, 4.69) is 20.9 Å². The first-order valence-corrected chi connectivity index (χ1v) is 7.24. The molecule has 6 heteroatoms. The van der Waals surface area contributed by atoms with E-state index in [-0.39, 0.29) is 0 Å². The highest BCUT2D eigenvalue weighted by Crippen LogP contribution is 2.19. The molecule has 108 valence electrons. The lowest BCUT2D eigenvalue weighted by Gasteiger charge is -2.21. The second-order valence-electron chi connectivity index (χ2n) is 4.54. The standard InChI is InChI=1S/C15H14Cl2N4/c16-13-4-5-15(17)20-14(13)11-21(8-2-6-18)10-12-3-1-7-19-9-12/h1,3-5,7,9H,2,8,10-11H2. The van der Waals surface area contributed by atoms with E-state index in [0.29, 0.717) is 41.9 Å². The third kappa shape index (κ3) is 4.98. The van der Waals surface area contributed by atoms with Gasteiger partial charge in [-0.2, -0.15) is 5.26 Å². The summed E-state index contributed by atoms with van der Waals surface area (Å²) in [5, 5.41) is 9.78. The lowest BCUT2D eigenvalue weighted by atomic mass is 10.2. The van der Waals surface area contributed by atoms with E-state index >= 15 is 0 Å². The first-order chi connectivity index (χ1) is 10.2. The van der Waals surface area contributed by atoms with Crippen molar-refractivity contribution in [1.82, 2.24) is 14.9 Å². The molecule has 0 saturated heterocycles. The van der Waals surface area contributed by atoms with E-state index in [1.165, 1.54) is 0 Å². The average Bonchev–Trinajstić information content (AvgIpc) is 2.49. The van der Waals surface area contributed by atoms with Crippen LogP contribution < -0.4 is 0 Å². The molecule has 0 fully saturated rings. The van der Waals surface area contributed by atoms with Crippen LogP contribution in [0.3, 0.4) is 0 Å². The zero-order chi connectivity index (χ0) is 15.1. The van der Waals surface area contributed by atoms with Crippen LogP contribution in [0.4, 0.5) is 0 Å².